The van der Waals surface area contributed by atoms with Crippen molar-refractivity contribution in [2.75, 3.05) is 40.8 Å². The molecule has 7 heteroatoms. The van der Waals surface area contributed by atoms with E-state index >= 15 is 0 Å². The Bertz CT molecular complexity index is 433. The minimum absolute atomic E-state index is 0.0793. The highest BCUT2D eigenvalue weighted by Gasteiger charge is 2.27. The third kappa shape index (κ3) is 4.78. The minimum atomic E-state index is 0.0793. The molecule has 0 bridgehead atoms. The van der Waals surface area contributed by atoms with Crippen molar-refractivity contribution in [2.45, 2.75) is 25.4 Å². The van der Waals surface area contributed by atoms with Crippen molar-refractivity contribution in [3.8, 4) is 0 Å². The molecule has 0 unspecified atom stereocenters. The van der Waals surface area contributed by atoms with Gasteiger partial charge in [0.25, 0.3) is 0 Å². The standard InChI is InChI=1S/C14H26N6O/c1-18(2)13-5-4-12(10-19(3)11-13)14(21)15-6-8-20-9-7-16-17-20/h7,9,12-13H,4-6,8,10-11H2,1-3H3,(H,15,21)/t12-,13+/m1/s1. The molecule has 0 aliphatic carbocycles. The lowest BCUT2D eigenvalue weighted by Gasteiger charge is -2.25. The van der Waals surface area contributed by atoms with E-state index in [2.05, 4.69) is 46.6 Å². The van der Waals surface area contributed by atoms with Gasteiger partial charge in [0.15, 0.2) is 0 Å². The fourth-order valence-corrected chi connectivity index (χ4v) is 2.81. The quantitative estimate of drug-likeness (QED) is 0.805. The van der Waals surface area contributed by atoms with Crippen LogP contribution in [0, 0.1) is 5.92 Å². The van der Waals surface area contributed by atoms with E-state index in [0.717, 1.165) is 25.9 Å². The van der Waals surface area contributed by atoms with E-state index in [1.807, 2.05) is 0 Å². The number of hydrogen-bond acceptors (Lipinski definition) is 5. The van der Waals surface area contributed by atoms with E-state index < -0.39 is 0 Å². The van der Waals surface area contributed by atoms with Crippen molar-refractivity contribution < 1.29 is 4.79 Å². The van der Waals surface area contributed by atoms with Crippen LogP contribution < -0.4 is 5.32 Å². The van der Waals surface area contributed by atoms with Crippen LogP contribution in [0.25, 0.3) is 0 Å². The predicted octanol–water partition coefficient (Wildman–Crippen LogP) is -0.334. The molecule has 2 rings (SSSR count). The molecular formula is C14H26N6O. The lowest BCUT2D eigenvalue weighted by atomic mass is 10.0. The topological polar surface area (TPSA) is 66.3 Å². The van der Waals surface area contributed by atoms with E-state index in [9.17, 15) is 4.79 Å². The highest BCUT2D eigenvalue weighted by Crippen LogP contribution is 2.18. The van der Waals surface area contributed by atoms with Crippen LogP contribution in [0.2, 0.25) is 0 Å². The normalized spacial score (nSPS) is 24.0. The Labute approximate surface area is 126 Å². The number of aromatic nitrogens is 3. The first-order chi connectivity index (χ1) is 10.1. The first-order valence-electron chi connectivity index (χ1n) is 7.53. The van der Waals surface area contributed by atoms with E-state index in [1.54, 1.807) is 17.1 Å². The predicted molar refractivity (Wildman–Crippen MR) is 80.7 cm³/mol. The lowest BCUT2D eigenvalue weighted by Crippen LogP contribution is -2.39. The van der Waals surface area contributed by atoms with Gasteiger partial charge in [-0.05, 0) is 34.0 Å². The second-order valence-corrected chi connectivity index (χ2v) is 6.07. The summed E-state index contributed by atoms with van der Waals surface area (Å²) in [5.41, 5.74) is 0. The molecule has 2 atom stereocenters. The number of likely N-dealkylation sites (N-methyl/N-ethyl adjacent to an activating group) is 2. The van der Waals surface area contributed by atoms with Crippen LogP contribution in [0.15, 0.2) is 12.4 Å². The van der Waals surface area contributed by atoms with E-state index in [-0.39, 0.29) is 11.8 Å². The van der Waals surface area contributed by atoms with E-state index in [0.29, 0.717) is 19.1 Å². The molecule has 1 aliphatic rings. The maximum Gasteiger partial charge on any atom is 0.224 e. The Morgan fingerprint density at radius 2 is 2.19 bits per heavy atom. The Morgan fingerprint density at radius 3 is 2.86 bits per heavy atom. The molecule has 1 aliphatic heterocycles. The van der Waals surface area contributed by atoms with Gasteiger partial charge >= 0.3 is 0 Å². The number of carbonyl (C=O) groups is 1. The maximum atomic E-state index is 12.3. The van der Waals surface area contributed by atoms with Gasteiger partial charge in [-0.1, -0.05) is 5.21 Å². The van der Waals surface area contributed by atoms with Gasteiger partial charge in [0.05, 0.1) is 18.7 Å². The third-order valence-electron chi connectivity index (χ3n) is 4.12. The van der Waals surface area contributed by atoms with Crippen LogP contribution in [-0.2, 0) is 11.3 Å². The minimum Gasteiger partial charge on any atom is -0.354 e. The zero-order chi connectivity index (χ0) is 15.2. The van der Waals surface area contributed by atoms with Gasteiger partial charge in [0, 0.05) is 31.9 Å². The van der Waals surface area contributed by atoms with Crippen molar-refractivity contribution in [1.29, 1.82) is 0 Å². The Hall–Kier alpha value is -1.47. The smallest absolute Gasteiger partial charge is 0.224 e. The third-order valence-corrected chi connectivity index (χ3v) is 4.12. The maximum absolute atomic E-state index is 12.3. The van der Waals surface area contributed by atoms with Gasteiger partial charge in [0.1, 0.15) is 0 Å². The molecule has 0 spiro atoms. The average Bonchev–Trinajstić information content (AvgIpc) is 2.86. The number of amides is 1. The fourth-order valence-electron chi connectivity index (χ4n) is 2.81. The molecule has 118 valence electrons. The van der Waals surface area contributed by atoms with Gasteiger partial charge in [-0.15, -0.1) is 5.10 Å². The zero-order valence-corrected chi connectivity index (χ0v) is 13.2. The van der Waals surface area contributed by atoms with Crippen LogP contribution in [-0.4, -0.2) is 77.5 Å². The summed E-state index contributed by atoms with van der Waals surface area (Å²) in [7, 11) is 6.31. The number of carbonyl (C=O) groups excluding carboxylic acids is 1. The SMILES string of the molecule is CN1C[C@H](C(=O)NCCn2ccnn2)CC[C@H](N(C)C)C1. The van der Waals surface area contributed by atoms with Crippen molar-refractivity contribution in [3.63, 3.8) is 0 Å². The van der Waals surface area contributed by atoms with Crippen molar-refractivity contribution >= 4 is 5.91 Å². The van der Waals surface area contributed by atoms with Gasteiger partial charge < -0.3 is 15.1 Å². The van der Waals surface area contributed by atoms with Crippen LogP contribution in [0.4, 0.5) is 0 Å². The molecule has 0 radical (unpaired) electrons. The summed E-state index contributed by atoms with van der Waals surface area (Å²) in [4.78, 5) is 16.8. The highest BCUT2D eigenvalue weighted by molar-refractivity contribution is 5.78. The number of hydrogen-bond donors (Lipinski definition) is 1. The van der Waals surface area contributed by atoms with Crippen molar-refractivity contribution in [3.05, 3.63) is 12.4 Å². The van der Waals surface area contributed by atoms with Crippen LogP contribution in [0.1, 0.15) is 12.8 Å². The molecule has 1 fully saturated rings. The molecule has 1 saturated heterocycles. The number of nitrogens with zero attached hydrogens (tertiary/aromatic N) is 5. The first-order valence-corrected chi connectivity index (χ1v) is 7.53. The van der Waals surface area contributed by atoms with Crippen LogP contribution in [0.3, 0.4) is 0 Å². The summed E-state index contributed by atoms with van der Waals surface area (Å²) in [5, 5.41) is 10.6. The largest absolute Gasteiger partial charge is 0.354 e. The van der Waals surface area contributed by atoms with Gasteiger partial charge in [-0.25, -0.2) is 0 Å². The molecule has 0 saturated carbocycles. The Morgan fingerprint density at radius 1 is 1.38 bits per heavy atom. The molecule has 1 N–H and O–H groups in total. The molecule has 1 amide bonds. The molecule has 7 nitrogen and oxygen atoms in total. The highest BCUT2D eigenvalue weighted by atomic mass is 16.1. The van der Waals surface area contributed by atoms with Crippen molar-refractivity contribution in [1.82, 2.24) is 30.1 Å². The number of likely N-dealkylation sites (tertiary alicyclic amines) is 1. The number of nitrogens with one attached hydrogen (secondary N) is 1. The second kappa shape index (κ2) is 7.51. The zero-order valence-electron chi connectivity index (χ0n) is 13.2. The second-order valence-electron chi connectivity index (χ2n) is 6.07. The summed E-state index contributed by atoms with van der Waals surface area (Å²) < 4.78 is 1.72. The fraction of sp³-hybridized carbons (Fsp3) is 0.786. The van der Waals surface area contributed by atoms with Gasteiger partial charge in [0.2, 0.25) is 5.91 Å². The molecule has 1 aromatic heterocycles. The molecule has 0 aromatic carbocycles. The van der Waals surface area contributed by atoms with Crippen LogP contribution >= 0.6 is 0 Å². The van der Waals surface area contributed by atoms with Gasteiger partial charge in [-0.2, -0.15) is 0 Å². The van der Waals surface area contributed by atoms with Gasteiger partial charge in [-0.3, -0.25) is 9.48 Å². The lowest BCUT2D eigenvalue weighted by molar-refractivity contribution is -0.125. The van der Waals surface area contributed by atoms with E-state index in [1.165, 1.54) is 0 Å². The average molecular weight is 294 g/mol. The molecular weight excluding hydrogens is 268 g/mol. The summed E-state index contributed by atoms with van der Waals surface area (Å²) >= 11 is 0. The monoisotopic (exact) mass is 294 g/mol. The van der Waals surface area contributed by atoms with E-state index in [4.69, 9.17) is 0 Å². The summed E-state index contributed by atoms with van der Waals surface area (Å²) in [6.45, 7) is 3.11. The molecule has 1 aromatic rings. The summed E-state index contributed by atoms with van der Waals surface area (Å²) in [6.07, 6.45) is 5.46. The Balaban J connectivity index is 1.78. The molecule has 2 heterocycles. The van der Waals surface area contributed by atoms with Crippen LogP contribution in [0.5, 0.6) is 0 Å². The Kier molecular flexibility index (Phi) is 5.69. The summed E-state index contributed by atoms with van der Waals surface area (Å²) in [5.74, 6) is 0.233. The number of rotatable bonds is 5. The first kappa shape index (κ1) is 15.9. The molecule has 21 heavy (non-hydrogen) atoms. The van der Waals surface area contributed by atoms with Crippen molar-refractivity contribution in [2.24, 2.45) is 5.92 Å². The summed E-state index contributed by atoms with van der Waals surface area (Å²) in [6, 6.07) is 0.531.